The van der Waals surface area contributed by atoms with Crippen LogP contribution in [0, 0.1) is 0 Å². The number of piperidine rings is 1. The van der Waals surface area contributed by atoms with Crippen molar-refractivity contribution in [3.8, 4) is 0 Å². The van der Waals surface area contributed by atoms with Crippen LogP contribution in [0.2, 0.25) is 5.02 Å². The van der Waals surface area contributed by atoms with E-state index >= 15 is 0 Å². The zero-order chi connectivity index (χ0) is 17.5. The Morgan fingerprint density at radius 3 is 2.64 bits per heavy atom. The van der Waals surface area contributed by atoms with E-state index in [4.69, 9.17) is 16.4 Å². The highest BCUT2D eigenvalue weighted by atomic mass is 35.5. The third-order valence-corrected chi connectivity index (χ3v) is 5.07. The largest absolute Gasteiger partial charge is 0.399 e. The zero-order valence-electron chi connectivity index (χ0n) is 14.7. The zero-order valence-corrected chi connectivity index (χ0v) is 15.5. The molecule has 1 unspecified atom stereocenters. The molecule has 1 aliphatic rings. The summed E-state index contributed by atoms with van der Waals surface area (Å²) in [6.45, 7) is 3.27. The molecule has 0 N–H and O–H groups in total. The van der Waals surface area contributed by atoms with Gasteiger partial charge < -0.3 is 9.74 Å². The second-order valence-corrected chi connectivity index (χ2v) is 6.96. The first kappa shape index (κ1) is 18.0. The molecule has 0 aliphatic carbocycles. The van der Waals surface area contributed by atoms with Crippen LogP contribution in [0.15, 0.2) is 59.8 Å². The molecule has 3 rings (SSSR count). The fourth-order valence-corrected chi connectivity index (χ4v) is 3.64. The van der Waals surface area contributed by atoms with E-state index in [-0.39, 0.29) is 0 Å². The van der Waals surface area contributed by atoms with E-state index in [9.17, 15) is 0 Å². The van der Waals surface area contributed by atoms with Crippen molar-refractivity contribution in [2.75, 3.05) is 26.7 Å². The number of oxime groups is 1. The minimum Gasteiger partial charge on any atom is -0.399 e. The lowest BCUT2D eigenvalue weighted by molar-refractivity contribution is 0.204. The molecule has 0 amide bonds. The predicted molar refractivity (Wildman–Crippen MR) is 104 cm³/mol. The Balaban J connectivity index is 1.61. The van der Waals surface area contributed by atoms with Crippen molar-refractivity contribution in [2.24, 2.45) is 5.16 Å². The van der Waals surface area contributed by atoms with E-state index in [0.717, 1.165) is 42.4 Å². The van der Waals surface area contributed by atoms with Gasteiger partial charge in [-0.1, -0.05) is 59.2 Å². The molecule has 1 saturated heterocycles. The number of rotatable bonds is 6. The molecule has 2 aromatic rings. The highest BCUT2D eigenvalue weighted by molar-refractivity contribution is 6.30. The van der Waals surface area contributed by atoms with E-state index in [1.54, 1.807) is 7.11 Å². The molecule has 4 heteroatoms. The molecule has 2 aromatic carbocycles. The SMILES string of the molecule is CO/N=C(/CCN1CCCC(c2ccccc2)C1)c1ccc(Cl)cc1. The lowest BCUT2D eigenvalue weighted by atomic mass is 9.90. The van der Waals surface area contributed by atoms with Gasteiger partial charge in [0.05, 0.1) is 5.71 Å². The smallest absolute Gasteiger partial charge is 0.106 e. The van der Waals surface area contributed by atoms with Gasteiger partial charge in [0.15, 0.2) is 0 Å². The van der Waals surface area contributed by atoms with Crippen molar-refractivity contribution in [1.82, 2.24) is 4.90 Å². The maximum absolute atomic E-state index is 5.99. The summed E-state index contributed by atoms with van der Waals surface area (Å²) in [5.74, 6) is 0.633. The molecule has 0 saturated carbocycles. The quantitative estimate of drug-likeness (QED) is 0.539. The Kier molecular flexibility index (Phi) is 6.48. The number of benzene rings is 2. The summed E-state index contributed by atoms with van der Waals surface area (Å²) in [5.41, 5.74) is 3.50. The van der Waals surface area contributed by atoms with Crippen LogP contribution in [0.1, 0.15) is 36.3 Å². The molecule has 1 aliphatic heterocycles. The van der Waals surface area contributed by atoms with Crippen molar-refractivity contribution in [3.63, 3.8) is 0 Å². The standard InChI is InChI=1S/C21H25ClN2O/c1-25-23-21(18-9-11-20(22)12-10-18)13-15-24-14-5-8-19(16-24)17-6-3-2-4-7-17/h2-4,6-7,9-12,19H,5,8,13-16H2,1H3/b23-21-. The van der Waals surface area contributed by atoms with Gasteiger partial charge in [-0.15, -0.1) is 0 Å². The average Bonchev–Trinajstić information content (AvgIpc) is 2.67. The van der Waals surface area contributed by atoms with E-state index in [1.165, 1.54) is 18.4 Å². The van der Waals surface area contributed by atoms with E-state index < -0.39 is 0 Å². The van der Waals surface area contributed by atoms with Gasteiger partial charge in [0, 0.05) is 24.5 Å². The topological polar surface area (TPSA) is 24.8 Å². The molecular formula is C21H25ClN2O. The Labute approximate surface area is 155 Å². The van der Waals surface area contributed by atoms with Gasteiger partial charge in [-0.05, 0) is 48.6 Å². The minimum absolute atomic E-state index is 0.633. The normalized spacial score (nSPS) is 19.0. The van der Waals surface area contributed by atoms with Crippen LogP contribution in [-0.2, 0) is 4.84 Å². The maximum Gasteiger partial charge on any atom is 0.106 e. The number of hydrogen-bond donors (Lipinski definition) is 0. The molecule has 0 aromatic heterocycles. The molecule has 0 spiro atoms. The molecule has 3 nitrogen and oxygen atoms in total. The maximum atomic E-state index is 5.99. The van der Waals surface area contributed by atoms with Crippen molar-refractivity contribution >= 4 is 17.3 Å². The van der Waals surface area contributed by atoms with Gasteiger partial charge in [-0.2, -0.15) is 0 Å². The molecule has 1 atom stereocenters. The summed E-state index contributed by atoms with van der Waals surface area (Å²) in [4.78, 5) is 7.60. The molecule has 0 radical (unpaired) electrons. The molecule has 132 valence electrons. The third kappa shape index (κ3) is 5.07. The molecule has 1 heterocycles. The predicted octanol–water partition coefficient (Wildman–Crippen LogP) is 4.96. The molecule has 0 bridgehead atoms. The van der Waals surface area contributed by atoms with Gasteiger partial charge in [-0.3, -0.25) is 0 Å². The third-order valence-electron chi connectivity index (χ3n) is 4.82. The van der Waals surface area contributed by atoms with E-state index in [1.807, 2.05) is 24.3 Å². The highest BCUT2D eigenvalue weighted by Crippen LogP contribution is 2.26. The molecule has 25 heavy (non-hydrogen) atoms. The lowest BCUT2D eigenvalue weighted by Crippen LogP contribution is -2.35. The summed E-state index contributed by atoms with van der Waals surface area (Å²) in [7, 11) is 1.60. The Morgan fingerprint density at radius 2 is 1.92 bits per heavy atom. The summed E-state index contributed by atoms with van der Waals surface area (Å²) >= 11 is 5.99. The molecule has 1 fully saturated rings. The fourth-order valence-electron chi connectivity index (χ4n) is 3.52. The monoisotopic (exact) mass is 356 g/mol. The van der Waals surface area contributed by atoms with Crippen LogP contribution in [0.5, 0.6) is 0 Å². The van der Waals surface area contributed by atoms with Crippen LogP contribution in [0.4, 0.5) is 0 Å². The minimum atomic E-state index is 0.633. The van der Waals surface area contributed by atoms with Crippen molar-refractivity contribution in [1.29, 1.82) is 0 Å². The molecular weight excluding hydrogens is 332 g/mol. The Hall–Kier alpha value is -1.84. The van der Waals surface area contributed by atoms with Crippen molar-refractivity contribution < 1.29 is 4.84 Å². The average molecular weight is 357 g/mol. The summed E-state index contributed by atoms with van der Waals surface area (Å²) < 4.78 is 0. The highest BCUT2D eigenvalue weighted by Gasteiger charge is 2.21. The van der Waals surface area contributed by atoms with E-state index in [0.29, 0.717) is 5.92 Å². The van der Waals surface area contributed by atoms with Crippen molar-refractivity contribution in [3.05, 3.63) is 70.7 Å². The number of hydrogen-bond acceptors (Lipinski definition) is 3. The van der Waals surface area contributed by atoms with Gasteiger partial charge in [0.1, 0.15) is 7.11 Å². The first-order valence-corrected chi connectivity index (χ1v) is 9.27. The van der Waals surface area contributed by atoms with Gasteiger partial charge in [0.25, 0.3) is 0 Å². The number of likely N-dealkylation sites (tertiary alicyclic amines) is 1. The fraction of sp³-hybridized carbons (Fsp3) is 0.381. The second-order valence-electron chi connectivity index (χ2n) is 6.53. The number of halogens is 1. The first-order valence-electron chi connectivity index (χ1n) is 8.89. The van der Waals surface area contributed by atoms with E-state index in [2.05, 4.69) is 40.4 Å². The van der Waals surface area contributed by atoms with Crippen LogP contribution >= 0.6 is 11.6 Å². The Bertz CT molecular complexity index is 685. The van der Waals surface area contributed by atoms with Gasteiger partial charge in [-0.25, -0.2) is 0 Å². The lowest BCUT2D eigenvalue weighted by Gasteiger charge is -2.33. The second kappa shape index (κ2) is 9.02. The van der Waals surface area contributed by atoms with Crippen LogP contribution in [0.3, 0.4) is 0 Å². The summed E-state index contributed by atoms with van der Waals surface area (Å²) in [5, 5.41) is 4.97. The summed E-state index contributed by atoms with van der Waals surface area (Å²) in [6.07, 6.45) is 3.39. The number of nitrogens with zero attached hydrogens (tertiary/aromatic N) is 2. The van der Waals surface area contributed by atoms with Crippen LogP contribution in [-0.4, -0.2) is 37.4 Å². The van der Waals surface area contributed by atoms with Crippen LogP contribution in [0.25, 0.3) is 0 Å². The summed E-state index contributed by atoms with van der Waals surface area (Å²) in [6, 6.07) is 18.7. The van der Waals surface area contributed by atoms with Gasteiger partial charge in [0.2, 0.25) is 0 Å². The van der Waals surface area contributed by atoms with Gasteiger partial charge >= 0.3 is 0 Å². The van der Waals surface area contributed by atoms with Crippen LogP contribution < -0.4 is 0 Å². The Morgan fingerprint density at radius 1 is 1.16 bits per heavy atom. The first-order chi connectivity index (χ1) is 12.3. The van der Waals surface area contributed by atoms with Crippen molar-refractivity contribution in [2.45, 2.75) is 25.2 Å².